The number of nitrogens with zero attached hydrogens (tertiary/aromatic N) is 3. The van der Waals surface area contributed by atoms with Crippen molar-refractivity contribution in [3.05, 3.63) is 68.6 Å². The van der Waals surface area contributed by atoms with E-state index in [4.69, 9.17) is 0 Å². The molecule has 2 aromatic heterocycles. The van der Waals surface area contributed by atoms with Crippen molar-refractivity contribution in [1.29, 1.82) is 0 Å². The number of aromatic nitrogens is 2. The van der Waals surface area contributed by atoms with E-state index >= 15 is 0 Å². The number of fused-ring (bicyclic) bond motifs is 1. The Morgan fingerprint density at radius 1 is 1.17 bits per heavy atom. The lowest BCUT2D eigenvalue weighted by atomic mass is 10.1. The molecule has 1 fully saturated rings. The molecule has 1 aliphatic heterocycles. The van der Waals surface area contributed by atoms with Gasteiger partial charge in [0, 0.05) is 30.4 Å². The van der Waals surface area contributed by atoms with E-state index in [0.717, 1.165) is 30.9 Å². The largest absolute Gasteiger partial charge is 0.348 e. The summed E-state index contributed by atoms with van der Waals surface area (Å²) in [5, 5.41) is 4.73. The van der Waals surface area contributed by atoms with Gasteiger partial charge >= 0.3 is 0 Å². The predicted molar refractivity (Wildman–Crippen MR) is 115 cm³/mol. The number of carbonyl (C=O) groups is 1. The molecule has 0 spiro atoms. The molecule has 0 radical (unpaired) electrons. The van der Waals surface area contributed by atoms with Crippen LogP contribution in [0.15, 0.2) is 40.6 Å². The number of hydrogen-bond acceptors (Lipinski definition) is 5. The third-order valence-electron chi connectivity index (χ3n) is 5.41. The highest BCUT2D eigenvalue weighted by Gasteiger charge is 2.15. The Kier molecular flexibility index (Phi) is 6.06. The molecule has 29 heavy (non-hydrogen) atoms. The number of carbonyl (C=O) groups excluding carboxylic acids is 1. The number of likely N-dealkylation sites (tertiary alicyclic amines) is 1. The highest BCUT2D eigenvalue weighted by atomic mass is 32.1. The van der Waals surface area contributed by atoms with Crippen molar-refractivity contribution in [3.8, 4) is 0 Å². The maximum Gasteiger partial charge on any atom is 0.271 e. The van der Waals surface area contributed by atoms with Gasteiger partial charge in [0.2, 0.25) is 0 Å². The molecule has 152 valence electrons. The quantitative estimate of drug-likeness (QED) is 0.700. The lowest BCUT2D eigenvalue weighted by molar-refractivity contribution is 0.0949. The van der Waals surface area contributed by atoms with E-state index in [1.54, 1.807) is 0 Å². The normalized spacial score (nSPS) is 15.3. The van der Waals surface area contributed by atoms with Crippen LogP contribution >= 0.6 is 11.3 Å². The first kappa shape index (κ1) is 19.8. The number of aryl methyl sites for hydroxylation is 1. The predicted octanol–water partition coefficient (Wildman–Crippen LogP) is 3.37. The molecule has 0 saturated carbocycles. The maximum atomic E-state index is 12.6. The SMILES string of the molecule is Cc1csc2ncc(C(=O)NCc3cccc(CN4CCCCCC4)c3)c(=O)n12. The van der Waals surface area contributed by atoms with Gasteiger partial charge in [-0.1, -0.05) is 37.1 Å². The van der Waals surface area contributed by atoms with Gasteiger partial charge in [-0.2, -0.15) is 0 Å². The summed E-state index contributed by atoms with van der Waals surface area (Å²) in [5.41, 5.74) is 2.84. The first-order valence-electron chi connectivity index (χ1n) is 10.2. The molecule has 1 amide bonds. The van der Waals surface area contributed by atoms with Crippen molar-refractivity contribution < 1.29 is 4.79 Å². The molecule has 1 N–H and O–H groups in total. The van der Waals surface area contributed by atoms with Crippen LogP contribution in [0.3, 0.4) is 0 Å². The zero-order valence-electron chi connectivity index (χ0n) is 16.7. The van der Waals surface area contributed by atoms with Gasteiger partial charge in [-0.15, -0.1) is 11.3 Å². The summed E-state index contributed by atoms with van der Waals surface area (Å²) < 4.78 is 1.49. The van der Waals surface area contributed by atoms with E-state index in [0.29, 0.717) is 11.5 Å². The zero-order valence-corrected chi connectivity index (χ0v) is 17.5. The minimum atomic E-state index is -0.388. The van der Waals surface area contributed by atoms with Crippen LogP contribution in [0.5, 0.6) is 0 Å². The second-order valence-electron chi connectivity index (χ2n) is 7.67. The standard InChI is InChI=1S/C22H26N4O2S/c1-16-15-29-22-24-13-19(21(28)26(16)22)20(27)23-12-17-7-6-8-18(11-17)14-25-9-4-2-3-5-10-25/h6-8,11,13,15H,2-5,9-10,12,14H2,1H3,(H,23,27). The van der Waals surface area contributed by atoms with Gasteiger partial charge in [0.25, 0.3) is 11.5 Å². The van der Waals surface area contributed by atoms with E-state index in [9.17, 15) is 9.59 Å². The van der Waals surface area contributed by atoms with Crippen molar-refractivity contribution in [2.24, 2.45) is 0 Å². The summed E-state index contributed by atoms with van der Waals surface area (Å²) in [6.07, 6.45) is 6.57. The molecule has 1 aliphatic rings. The van der Waals surface area contributed by atoms with Crippen LogP contribution in [0.4, 0.5) is 0 Å². The molecule has 3 aromatic rings. The van der Waals surface area contributed by atoms with E-state index < -0.39 is 0 Å². The molecular formula is C22H26N4O2S. The molecule has 1 aromatic carbocycles. The summed E-state index contributed by atoms with van der Waals surface area (Å²) >= 11 is 1.39. The summed E-state index contributed by atoms with van der Waals surface area (Å²) in [4.78, 5) is 32.6. The molecule has 0 aliphatic carbocycles. The minimum Gasteiger partial charge on any atom is -0.348 e. The number of hydrogen-bond donors (Lipinski definition) is 1. The van der Waals surface area contributed by atoms with Gasteiger partial charge < -0.3 is 5.32 Å². The third-order valence-corrected chi connectivity index (χ3v) is 6.37. The molecular weight excluding hydrogens is 384 g/mol. The van der Waals surface area contributed by atoms with Crippen molar-refractivity contribution in [3.63, 3.8) is 0 Å². The molecule has 0 atom stereocenters. The van der Waals surface area contributed by atoms with E-state index in [1.807, 2.05) is 24.4 Å². The van der Waals surface area contributed by atoms with Gasteiger partial charge in [0.05, 0.1) is 0 Å². The molecule has 0 unspecified atom stereocenters. The van der Waals surface area contributed by atoms with E-state index in [-0.39, 0.29) is 17.0 Å². The van der Waals surface area contributed by atoms with E-state index in [2.05, 4.69) is 27.3 Å². The fourth-order valence-electron chi connectivity index (χ4n) is 3.85. The zero-order chi connectivity index (χ0) is 20.2. The van der Waals surface area contributed by atoms with Gasteiger partial charge in [-0.05, 0) is 44.0 Å². The molecule has 3 heterocycles. The number of thiazole rings is 1. The fraction of sp³-hybridized carbons (Fsp3) is 0.409. The topological polar surface area (TPSA) is 66.7 Å². The monoisotopic (exact) mass is 410 g/mol. The third kappa shape index (κ3) is 4.57. The molecule has 4 rings (SSSR count). The molecule has 7 heteroatoms. The Hall–Kier alpha value is -2.51. The van der Waals surface area contributed by atoms with Crippen LogP contribution in [-0.4, -0.2) is 33.3 Å². The first-order valence-corrected chi connectivity index (χ1v) is 11.0. The number of rotatable bonds is 5. The second kappa shape index (κ2) is 8.88. The average Bonchev–Trinajstić information content (AvgIpc) is 2.93. The molecule has 0 bridgehead atoms. The first-order chi connectivity index (χ1) is 14.1. The average molecular weight is 411 g/mol. The lowest BCUT2D eigenvalue weighted by Crippen LogP contribution is -2.31. The van der Waals surface area contributed by atoms with Crippen LogP contribution in [0.1, 0.15) is 52.9 Å². The van der Waals surface area contributed by atoms with Crippen LogP contribution < -0.4 is 10.9 Å². The maximum absolute atomic E-state index is 12.6. The minimum absolute atomic E-state index is 0.0738. The van der Waals surface area contributed by atoms with Crippen molar-refractivity contribution in [2.45, 2.75) is 45.7 Å². The number of benzene rings is 1. The van der Waals surface area contributed by atoms with Crippen LogP contribution in [0.2, 0.25) is 0 Å². The summed E-state index contributed by atoms with van der Waals surface area (Å²) in [6.45, 7) is 5.48. The van der Waals surface area contributed by atoms with Gasteiger partial charge in [0.15, 0.2) is 4.96 Å². The Bertz CT molecular complexity index is 1060. The Morgan fingerprint density at radius 3 is 2.72 bits per heavy atom. The highest BCUT2D eigenvalue weighted by molar-refractivity contribution is 7.15. The highest BCUT2D eigenvalue weighted by Crippen LogP contribution is 2.15. The van der Waals surface area contributed by atoms with Gasteiger partial charge in [0.1, 0.15) is 5.56 Å². The molecule has 1 saturated heterocycles. The Morgan fingerprint density at radius 2 is 1.93 bits per heavy atom. The summed E-state index contributed by atoms with van der Waals surface area (Å²) in [7, 11) is 0. The Balaban J connectivity index is 1.42. The number of nitrogens with one attached hydrogen (secondary N) is 1. The second-order valence-corrected chi connectivity index (χ2v) is 8.50. The van der Waals surface area contributed by atoms with Crippen LogP contribution in [-0.2, 0) is 13.1 Å². The van der Waals surface area contributed by atoms with Crippen molar-refractivity contribution in [1.82, 2.24) is 19.6 Å². The van der Waals surface area contributed by atoms with Crippen LogP contribution in [0.25, 0.3) is 4.96 Å². The van der Waals surface area contributed by atoms with Gasteiger partial charge in [-0.3, -0.25) is 18.9 Å². The Labute approximate surface area is 174 Å². The molecule has 6 nitrogen and oxygen atoms in total. The summed E-state index contributed by atoms with van der Waals surface area (Å²) in [5.74, 6) is -0.388. The summed E-state index contributed by atoms with van der Waals surface area (Å²) in [6, 6.07) is 8.32. The fourth-order valence-corrected chi connectivity index (χ4v) is 4.68. The van der Waals surface area contributed by atoms with E-state index in [1.165, 1.54) is 53.2 Å². The van der Waals surface area contributed by atoms with Crippen molar-refractivity contribution in [2.75, 3.05) is 13.1 Å². The number of amides is 1. The van der Waals surface area contributed by atoms with Crippen LogP contribution in [0, 0.1) is 6.92 Å². The van der Waals surface area contributed by atoms with Gasteiger partial charge in [-0.25, -0.2) is 4.98 Å². The smallest absolute Gasteiger partial charge is 0.271 e. The van der Waals surface area contributed by atoms with Crippen molar-refractivity contribution >= 4 is 22.2 Å². The lowest BCUT2D eigenvalue weighted by Gasteiger charge is -2.20.